The molecule has 0 aromatic carbocycles. The van der Waals surface area contributed by atoms with E-state index in [2.05, 4.69) is 26.6 Å². The fourth-order valence-electron chi connectivity index (χ4n) is 4.63. The Morgan fingerprint density at radius 3 is 1.74 bits per heavy atom. The van der Waals surface area contributed by atoms with Gasteiger partial charge in [-0.3, -0.25) is 9.59 Å². The van der Waals surface area contributed by atoms with E-state index in [9.17, 15) is 9.59 Å². The Bertz CT molecular complexity index is 552. The molecule has 0 unspecified atom stereocenters. The van der Waals surface area contributed by atoms with Crippen molar-refractivity contribution in [3.63, 3.8) is 0 Å². The number of hydrogen-bond donors (Lipinski definition) is 0. The minimum atomic E-state index is -1.94. The number of carbonyl (C=O) groups is 2. The SMILES string of the molecule is CCCCCCCCCCCCCCCC[C@]1(O[Si](C)(C)C)C=CC(=O)[C@H]1C(=O)OC. The van der Waals surface area contributed by atoms with Crippen molar-refractivity contribution in [3.05, 3.63) is 12.2 Å². The second-order valence-electron chi connectivity index (χ2n) is 10.2. The largest absolute Gasteiger partial charge is 0.468 e. The summed E-state index contributed by atoms with van der Waals surface area (Å²) in [6.45, 7) is 8.58. The van der Waals surface area contributed by atoms with Crippen LogP contribution in [-0.2, 0) is 18.8 Å². The molecule has 180 valence electrons. The molecule has 0 saturated heterocycles. The lowest BCUT2D eigenvalue weighted by Crippen LogP contribution is -2.49. The Morgan fingerprint density at radius 1 is 0.871 bits per heavy atom. The Hall–Kier alpha value is -0.943. The van der Waals surface area contributed by atoms with E-state index in [-0.39, 0.29) is 5.78 Å². The molecule has 0 N–H and O–H groups in total. The van der Waals surface area contributed by atoms with E-state index < -0.39 is 25.8 Å². The molecule has 0 spiro atoms. The zero-order chi connectivity index (χ0) is 23.2. The lowest BCUT2D eigenvalue weighted by Gasteiger charge is -2.38. The highest BCUT2D eigenvalue weighted by Gasteiger charge is 2.51. The van der Waals surface area contributed by atoms with Crippen LogP contribution in [0, 0.1) is 5.92 Å². The number of hydrogen-bond acceptors (Lipinski definition) is 4. The zero-order valence-corrected chi connectivity index (χ0v) is 22.0. The second-order valence-corrected chi connectivity index (χ2v) is 14.6. The molecule has 0 aliphatic heterocycles. The van der Waals surface area contributed by atoms with Crippen molar-refractivity contribution in [1.29, 1.82) is 0 Å². The number of rotatable bonds is 18. The van der Waals surface area contributed by atoms with Crippen LogP contribution in [0.1, 0.15) is 103 Å². The van der Waals surface area contributed by atoms with Crippen LogP contribution in [-0.4, -0.2) is 32.8 Å². The molecule has 1 rings (SSSR count). The molecule has 31 heavy (non-hydrogen) atoms. The highest BCUT2D eigenvalue weighted by Crippen LogP contribution is 2.39. The molecule has 0 aromatic rings. The van der Waals surface area contributed by atoms with Crippen molar-refractivity contribution in [1.82, 2.24) is 0 Å². The fourth-order valence-corrected chi connectivity index (χ4v) is 6.06. The van der Waals surface area contributed by atoms with Crippen LogP contribution in [0.4, 0.5) is 0 Å². The maximum Gasteiger partial charge on any atom is 0.319 e. The van der Waals surface area contributed by atoms with Gasteiger partial charge < -0.3 is 9.16 Å². The van der Waals surface area contributed by atoms with E-state index in [4.69, 9.17) is 9.16 Å². The third-order valence-corrected chi connectivity index (χ3v) is 7.15. The van der Waals surface area contributed by atoms with Gasteiger partial charge in [0.1, 0.15) is 0 Å². The van der Waals surface area contributed by atoms with Crippen LogP contribution < -0.4 is 0 Å². The summed E-state index contributed by atoms with van der Waals surface area (Å²) >= 11 is 0. The Morgan fingerprint density at radius 2 is 1.32 bits per heavy atom. The third-order valence-electron chi connectivity index (χ3n) is 6.16. The monoisotopic (exact) mass is 452 g/mol. The molecular weight excluding hydrogens is 404 g/mol. The molecule has 0 bridgehead atoms. The predicted molar refractivity (Wildman–Crippen MR) is 132 cm³/mol. The quantitative estimate of drug-likeness (QED) is 0.0942. The van der Waals surface area contributed by atoms with Crippen LogP contribution in [0.5, 0.6) is 0 Å². The van der Waals surface area contributed by atoms with E-state index in [0.29, 0.717) is 6.42 Å². The molecule has 0 saturated carbocycles. The number of ether oxygens (including phenoxy) is 1. The molecule has 1 aliphatic carbocycles. The number of ketones is 1. The Kier molecular flexibility index (Phi) is 13.6. The molecular formula is C26H48O4Si. The van der Waals surface area contributed by atoms with E-state index in [0.717, 1.165) is 12.8 Å². The number of methoxy groups -OCH3 is 1. The molecule has 0 fully saturated rings. The van der Waals surface area contributed by atoms with Crippen molar-refractivity contribution in [3.8, 4) is 0 Å². The molecule has 0 aromatic heterocycles. The summed E-state index contributed by atoms with van der Waals surface area (Å²) in [5, 5.41) is 0. The van der Waals surface area contributed by atoms with Gasteiger partial charge in [0, 0.05) is 0 Å². The predicted octanol–water partition coefficient (Wildman–Crippen LogP) is 7.38. The first-order valence-electron chi connectivity index (χ1n) is 12.8. The molecule has 0 amide bonds. The van der Waals surface area contributed by atoms with Gasteiger partial charge in [-0.25, -0.2) is 0 Å². The van der Waals surface area contributed by atoms with Crippen LogP contribution >= 0.6 is 0 Å². The number of allylic oxidation sites excluding steroid dienone is 1. The average Bonchev–Trinajstić information content (AvgIpc) is 3.02. The summed E-state index contributed by atoms with van der Waals surface area (Å²) < 4.78 is 11.4. The van der Waals surface area contributed by atoms with Crippen molar-refractivity contribution in [2.24, 2.45) is 5.92 Å². The van der Waals surface area contributed by atoms with Crippen LogP contribution in [0.25, 0.3) is 0 Å². The lowest BCUT2D eigenvalue weighted by molar-refractivity contribution is -0.154. The van der Waals surface area contributed by atoms with E-state index >= 15 is 0 Å². The zero-order valence-electron chi connectivity index (χ0n) is 21.0. The number of carbonyl (C=O) groups excluding carboxylic acids is 2. The van der Waals surface area contributed by atoms with E-state index in [1.54, 1.807) is 0 Å². The summed E-state index contributed by atoms with van der Waals surface area (Å²) in [6.07, 6.45) is 22.4. The third kappa shape index (κ3) is 11.0. The molecule has 2 atom stereocenters. The maximum atomic E-state index is 12.4. The minimum absolute atomic E-state index is 0.185. The van der Waals surface area contributed by atoms with Gasteiger partial charge >= 0.3 is 5.97 Å². The van der Waals surface area contributed by atoms with Crippen LogP contribution in [0.3, 0.4) is 0 Å². The molecule has 4 nitrogen and oxygen atoms in total. The standard InChI is InChI=1S/C26H48O4Si/c1-6-7-8-9-10-11-12-13-14-15-16-17-18-19-21-26(30-31(3,4)5)22-20-23(27)24(26)25(28)29-2/h20,22,24H,6-19,21H2,1-5H3/t24-,26-/m0/s1. The number of esters is 1. The van der Waals surface area contributed by atoms with Crippen LogP contribution in [0.2, 0.25) is 19.6 Å². The van der Waals surface area contributed by atoms with Gasteiger partial charge in [0.2, 0.25) is 0 Å². The normalized spacial score (nSPS) is 21.1. The Balaban J connectivity index is 2.26. The van der Waals surface area contributed by atoms with Gasteiger partial charge in [-0.05, 0) is 38.2 Å². The maximum absolute atomic E-state index is 12.4. The van der Waals surface area contributed by atoms with Crippen molar-refractivity contribution in [2.75, 3.05) is 7.11 Å². The van der Waals surface area contributed by atoms with Crippen molar-refractivity contribution in [2.45, 2.75) is 128 Å². The van der Waals surface area contributed by atoms with Gasteiger partial charge in [-0.15, -0.1) is 0 Å². The second kappa shape index (κ2) is 15.0. The van der Waals surface area contributed by atoms with Gasteiger partial charge in [0.05, 0.1) is 12.7 Å². The van der Waals surface area contributed by atoms with Gasteiger partial charge in [-0.2, -0.15) is 0 Å². The molecule has 5 heteroatoms. The van der Waals surface area contributed by atoms with Crippen LogP contribution in [0.15, 0.2) is 12.2 Å². The first kappa shape index (κ1) is 28.1. The average molecular weight is 453 g/mol. The minimum Gasteiger partial charge on any atom is -0.468 e. The highest BCUT2D eigenvalue weighted by atomic mass is 28.4. The smallest absolute Gasteiger partial charge is 0.319 e. The van der Waals surface area contributed by atoms with E-state index in [1.165, 1.54) is 90.2 Å². The van der Waals surface area contributed by atoms with Gasteiger partial charge in [-0.1, -0.05) is 96.8 Å². The summed E-state index contributed by atoms with van der Waals surface area (Å²) in [4.78, 5) is 24.7. The van der Waals surface area contributed by atoms with Crippen molar-refractivity contribution >= 4 is 20.1 Å². The topological polar surface area (TPSA) is 52.6 Å². The van der Waals surface area contributed by atoms with Crippen molar-refractivity contribution < 1.29 is 18.8 Å². The molecule has 0 heterocycles. The lowest BCUT2D eigenvalue weighted by atomic mass is 9.85. The number of unbranched alkanes of at least 4 members (excludes halogenated alkanes) is 13. The molecule has 1 aliphatic rings. The summed E-state index contributed by atoms with van der Waals surface area (Å²) in [5.74, 6) is -1.50. The fraction of sp³-hybridized carbons (Fsp3) is 0.846. The Labute approximate surface area is 192 Å². The highest BCUT2D eigenvalue weighted by molar-refractivity contribution is 6.69. The molecule has 0 radical (unpaired) electrons. The first-order chi connectivity index (χ1) is 14.8. The summed E-state index contributed by atoms with van der Waals surface area (Å²) in [5.41, 5.74) is -0.814. The first-order valence-corrected chi connectivity index (χ1v) is 16.2. The van der Waals surface area contributed by atoms with Gasteiger partial charge in [0.25, 0.3) is 0 Å². The summed E-state index contributed by atoms with van der Waals surface area (Å²) in [6, 6.07) is 0. The summed E-state index contributed by atoms with van der Waals surface area (Å²) in [7, 11) is -0.596. The van der Waals surface area contributed by atoms with Gasteiger partial charge in [0.15, 0.2) is 20.0 Å². The van der Waals surface area contributed by atoms with E-state index in [1.807, 2.05) is 6.08 Å².